The van der Waals surface area contributed by atoms with Gasteiger partial charge in [0.1, 0.15) is 5.82 Å². The molecule has 0 aromatic carbocycles. The number of aromatic nitrogens is 1. The zero-order chi connectivity index (χ0) is 14.3. The molecule has 4 nitrogen and oxygen atoms in total. The van der Waals surface area contributed by atoms with Gasteiger partial charge in [-0.25, -0.2) is 4.98 Å². The van der Waals surface area contributed by atoms with E-state index in [0.29, 0.717) is 5.92 Å². The first kappa shape index (κ1) is 15.9. The van der Waals surface area contributed by atoms with Crippen molar-refractivity contribution in [1.29, 1.82) is 0 Å². The maximum absolute atomic E-state index is 4.38. The van der Waals surface area contributed by atoms with Gasteiger partial charge in [0.05, 0.1) is 0 Å². The van der Waals surface area contributed by atoms with Gasteiger partial charge in [0.2, 0.25) is 0 Å². The summed E-state index contributed by atoms with van der Waals surface area (Å²) in [6, 6.07) is 4.19. The van der Waals surface area contributed by atoms with E-state index in [0.717, 1.165) is 32.0 Å². The third-order valence-electron chi connectivity index (χ3n) is 2.97. The Kier molecular flexibility index (Phi) is 6.81. The predicted molar refractivity (Wildman–Crippen MR) is 82.5 cm³/mol. The van der Waals surface area contributed by atoms with Crippen LogP contribution in [0.2, 0.25) is 0 Å². The van der Waals surface area contributed by atoms with Crippen molar-refractivity contribution in [1.82, 2.24) is 14.8 Å². The number of hydrogen-bond acceptors (Lipinski definition) is 4. The minimum Gasteiger partial charge on any atom is -0.373 e. The molecule has 0 fully saturated rings. The molecule has 19 heavy (non-hydrogen) atoms. The number of nitrogens with one attached hydrogen (secondary N) is 1. The maximum Gasteiger partial charge on any atom is 0.125 e. The van der Waals surface area contributed by atoms with Crippen molar-refractivity contribution in [2.75, 3.05) is 46.1 Å². The minimum atomic E-state index is 0.687. The lowest BCUT2D eigenvalue weighted by Crippen LogP contribution is -2.34. The quantitative estimate of drug-likeness (QED) is 0.779. The third kappa shape index (κ3) is 6.55. The van der Waals surface area contributed by atoms with Crippen LogP contribution >= 0.6 is 0 Å². The smallest absolute Gasteiger partial charge is 0.125 e. The number of likely N-dealkylation sites (N-methyl/N-ethyl adjacent to an activating group) is 1. The average Bonchev–Trinajstić information content (AvgIpc) is 2.36. The molecule has 0 radical (unpaired) electrons. The van der Waals surface area contributed by atoms with Crippen LogP contribution in [0.15, 0.2) is 18.3 Å². The van der Waals surface area contributed by atoms with Crippen molar-refractivity contribution in [3.05, 3.63) is 23.9 Å². The lowest BCUT2D eigenvalue weighted by atomic mass is 10.2. The molecule has 0 spiro atoms. The second-order valence-corrected chi connectivity index (χ2v) is 5.73. The highest BCUT2D eigenvalue weighted by Crippen LogP contribution is 2.09. The van der Waals surface area contributed by atoms with Gasteiger partial charge in [-0.15, -0.1) is 0 Å². The molecular formula is C15H28N4. The Morgan fingerprint density at radius 3 is 2.42 bits per heavy atom. The molecule has 108 valence electrons. The van der Waals surface area contributed by atoms with E-state index >= 15 is 0 Å². The van der Waals surface area contributed by atoms with Crippen LogP contribution in [0, 0.1) is 5.92 Å². The summed E-state index contributed by atoms with van der Waals surface area (Å²) in [5.41, 5.74) is 1.28. The van der Waals surface area contributed by atoms with E-state index in [1.165, 1.54) is 5.56 Å². The van der Waals surface area contributed by atoms with Gasteiger partial charge in [-0.1, -0.05) is 19.9 Å². The van der Waals surface area contributed by atoms with E-state index in [2.05, 4.69) is 54.1 Å². The molecule has 0 aliphatic heterocycles. The monoisotopic (exact) mass is 264 g/mol. The zero-order valence-corrected chi connectivity index (χ0v) is 13.0. The number of anilines is 1. The number of nitrogens with zero attached hydrogens (tertiary/aromatic N) is 3. The lowest BCUT2D eigenvalue weighted by molar-refractivity contribution is 0.211. The fraction of sp³-hybridized carbons (Fsp3) is 0.667. The highest BCUT2D eigenvalue weighted by Gasteiger charge is 2.09. The molecule has 0 aliphatic carbocycles. The summed E-state index contributed by atoms with van der Waals surface area (Å²) in [4.78, 5) is 9.11. The first-order chi connectivity index (χ1) is 9.01. The van der Waals surface area contributed by atoms with E-state index in [1.807, 2.05) is 19.3 Å². The molecule has 1 rings (SSSR count). The van der Waals surface area contributed by atoms with Crippen LogP contribution in [0.1, 0.15) is 19.4 Å². The van der Waals surface area contributed by atoms with Gasteiger partial charge in [0.25, 0.3) is 0 Å². The van der Waals surface area contributed by atoms with Crippen molar-refractivity contribution < 1.29 is 0 Å². The average molecular weight is 264 g/mol. The van der Waals surface area contributed by atoms with Crippen LogP contribution in [-0.4, -0.2) is 55.6 Å². The van der Waals surface area contributed by atoms with E-state index in [4.69, 9.17) is 0 Å². The minimum absolute atomic E-state index is 0.687. The van der Waals surface area contributed by atoms with Gasteiger partial charge in [-0.3, -0.25) is 4.90 Å². The van der Waals surface area contributed by atoms with Gasteiger partial charge in [0, 0.05) is 39.4 Å². The Balaban J connectivity index is 2.58. The van der Waals surface area contributed by atoms with Gasteiger partial charge in [0.15, 0.2) is 0 Å². The normalized spacial score (nSPS) is 11.6. The molecular weight excluding hydrogens is 236 g/mol. The number of pyridine rings is 1. The van der Waals surface area contributed by atoms with Crippen molar-refractivity contribution in [3.8, 4) is 0 Å². The van der Waals surface area contributed by atoms with E-state index in [-0.39, 0.29) is 0 Å². The second kappa shape index (κ2) is 8.12. The summed E-state index contributed by atoms with van der Waals surface area (Å²) in [6.07, 6.45) is 1.97. The van der Waals surface area contributed by atoms with Crippen LogP contribution in [0.3, 0.4) is 0 Å². The van der Waals surface area contributed by atoms with Gasteiger partial charge < -0.3 is 10.2 Å². The second-order valence-electron chi connectivity index (χ2n) is 5.73. The third-order valence-corrected chi connectivity index (χ3v) is 2.97. The van der Waals surface area contributed by atoms with Crippen molar-refractivity contribution in [2.24, 2.45) is 5.92 Å². The standard InChI is InChI=1S/C15H28N4/c1-13(2)11-19(9-8-18(4)5)12-14-6-7-15(16-3)17-10-14/h6-7,10,13H,8-9,11-12H2,1-5H3,(H,16,17). The van der Waals surface area contributed by atoms with E-state index < -0.39 is 0 Å². The van der Waals surface area contributed by atoms with Gasteiger partial charge >= 0.3 is 0 Å². The Bertz CT molecular complexity index is 346. The summed E-state index contributed by atoms with van der Waals surface area (Å²) < 4.78 is 0. The Morgan fingerprint density at radius 2 is 1.95 bits per heavy atom. The topological polar surface area (TPSA) is 31.4 Å². The van der Waals surface area contributed by atoms with E-state index in [9.17, 15) is 0 Å². The van der Waals surface area contributed by atoms with Crippen molar-refractivity contribution in [3.63, 3.8) is 0 Å². The summed E-state index contributed by atoms with van der Waals surface area (Å²) >= 11 is 0. The molecule has 0 amide bonds. The molecule has 0 saturated carbocycles. The number of rotatable bonds is 8. The van der Waals surface area contributed by atoms with Crippen LogP contribution < -0.4 is 5.32 Å². The molecule has 0 bridgehead atoms. The van der Waals surface area contributed by atoms with Crippen molar-refractivity contribution >= 4 is 5.82 Å². The first-order valence-electron chi connectivity index (χ1n) is 7.01. The SMILES string of the molecule is CNc1ccc(CN(CCN(C)C)CC(C)C)cn1. The lowest BCUT2D eigenvalue weighted by Gasteiger charge is -2.25. The maximum atomic E-state index is 4.38. The molecule has 1 aromatic heterocycles. The fourth-order valence-electron chi connectivity index (χ4n) is 2.02. The highest BCUT2D eigenvalue weighted by molar-refractivity contribution is 5.34. The predicted octanol–water partition coefficient (Wildman–Crippen LogP) is 2.14. The molecule has 1 aromatic rings. The number of hydrogen-bond donors (Lipinski definition) is 1. The Labute approximate surface area is 117 Å². The summed E-state index contributed by atoms with van der Waals surface area (Å²) in [5.74, 6) is 1.61. The summed E-state index contributed by atoms with van der Waals surface area (Å²) in [7, 11) is 6.14. The van der Waals surface area contributed by atoms with Crippen molar-refractivity contribution in [2.45, 2.75) is 20.4 Å². The molecule has 0 atom stereocenters. The molecule has 0 aliphatic rings. The fourth-order valence-corrected chi connectivity index (χ4v) is 2.02. The van der Waals surface area contributed by atoms with Crippen LogP contribution in [0.4, 0.5) is 5.82 Å². The van der Waals surface area contributed by atoms with Gasteiger partial charge in [-0.05, 0) is 31.6 Å². The van der Waals surface area contributed by atoms with E-state index in [1.54, 1.807) is 0 Å². The Morgan fingerprint density at radius 1 is 1.21 bits per heavy atom. The zero-order valence-electron chi connectivity index (χ0n) is 13.0. The molecule has 0 unspecified atom stereocenters. The highest BCUT2D eigenvalue weighted by atomic mass is 15.2. The summed E-state index contributed by atoms with van der Waals surface area (Å²) in [6.45, 7) is 8.83. The van der Waals surface area contributed by atoms with Crippen LogP contribution in [-0.2, 0) is 6.54 Å². The van der Waals surface area contributed by atoms with Crippen LogP contribution in [0.5, 0.6) is 0 Å². The van der Waals surface area contributed by atoms with Gasteiger partial charge in [-0.2, -0.15) is 0 Å². The van der Waals surface area contributed by atoms with Crippen LogP contribution in [0.25, 0.3) is 0 Å². The summed E-state index contributed by atoms with van der Waals surface area (Å²) in [5, 5.41) is 3.05. The first-order valence-corrected chi connectivity index (χ1v) is 7.01. The molecule has 1 heterocycles. The largest absolute Gasteiger partial charge is 0.373 e. The molecule has 0 saturated heterocycles. The Hall–Kier alpha value is -1.13. The molecule has 4 heteroatoms. The molecule has 1 N–H and O–H groups in total.